The van der Waals surface area contributed by atoms with E-state index in [0.717, 1.165) is 11.6 Å². The second-order valence-corrected chi connectivity index (χ2v) is 7.94. The van der Waals surface area contributed by atoms with Crippen LogP contribution in [-0.2, 0) is 10.1 Å². The SMILES string of the molecule is Cc1ccccc1N=Nc1c(N)c(N=Nc2ccccc2C(=O)O)cc(S(=O)(=O)O)c1N. The van der Waals surface area contributed by atoms with E-state index in [9.17, 15) is 22.9 Å². The summed E-state index contributed by atoms with van der Waals surface area (Å²) in [6.45, 7) is 1.80. The number of benzene rings is 3. The van der Waals surface area contributed by atoms with Gasteiger partial charge in [-0.15, -0.1) is 15.3 Å². The third kappa shape index (κ3) is 4.77. The lowest BCUT2D eigenvalue weighted by Gasteiger charge is -2.10. The molecule has 32 heavy (non-hydrogen) atoms. The molecule has 164 valence electrons. The first kappa shape index (κ1) is 22.5. The van der Waals surface area contributed by atoms with Crippen molar-refractivity contribution in [1.29, 1.82) is 0 Å². The molecule has 0 saturated carbocycles. The van der Waals surface area contributed by atoms with Gasteiger partial charge < -0.3 is 16.6 Å². The topological polar surface area (TPSA) is 193 Å². The molecule has 0 amide bonds. The first-order valence-electron chi connectivity index (χ1n) is 9.00. The molecule has 3 rings (SSSR count). The molecule has 0 atom stereocenters. The van der Waals surface area contributed by atoms with Crippen molar-refractivity contribution in [3.8, 4) is 0 Å². The van der Waals surface area contributed by atoms with Crippen molar-refractivity contribution in [1.82, 2.24) is 0 Å². The van der Waals surface area contributed by atoms with Gasteiger partial charge >= 0.3 is 5.97 Å². The van der Waals surface area contributed by atoms with Crippen LogP contribution < -0.4 is 11.5 Å². The zero-order valence-electron chi connectivity index (χ0n) is 16.7. The van der Waals surface area contributed by atoms with Crippen molar-refractivity contribution in [2.75, 3.05) is 11.5 Å². The van der Waals surface area contributed by atoms with E-state index in [-0.39, 0.29) is 28.3 Å². The molecule has 0 aliphatic rings. The Kier molecular flexibility index (Phi) is 6.27. The Labute approximate surface area is 182 Å². The largest absolute Gasteiger partial charge is 0.478 e. The van der Waals surface area contributed by atoms with Gasteiger partial charge in [0.05, 0.1) is 22.6 Å². The fourth-order valence-corrected chi connectivity index (χ4v) is 3.33. The van der Waals surface area contributed by atoms with Crippen LogP contribution in [0.4, 0.5) is 34.1 Å². The van der Waals surface area contributed by atoms with E-state index in [1.165, 1.54) is 18.2 Å². The second-order valence-electron chi connectivity index (χ2n) is 6.55. The van der Waals surface area contributed by atoms with E-state index < -0.39 is 26.7 Å². The molecule has 0 aliphatic carbocycles. The smallest absolute Gasteiger partial charge is 0.337 e. The van der Waals surface area contributed by atoms with Gasteiger partial charge in [-0.05, 0) is 36.8 Å². The molecule has 0 unspecified atom stereocenters. The van der Waals surface area contributed by atoms with Crippen molar-refractivity contribution in [3.63, 3.8) is 0 Å². The highest BCUT2D eigenvalue weighted by Gasteiger charge is 2.22. The number of nitrogen functional groups attached to an aromatic ring is 2. The Morgan fingerprint density at radius 1 is 0.844 bits per heavy atom. The molecule has 3 aromatic carbocycles. The number of hydrogen-bond acceptors (Lipinski definition) is 9. The molecule has 0 aliphatic heterocycles. The van der Waals surface area contributed by atoms with Gasteiger partial charge in [0.2, 0.25) is 0 Å². The quantitative estimate of drug-likeness (QED) is 0.230. The number of carboxylic acid groups (broad SMARTS) is 1. The van der Waals surface area contributed by atoms with Gasteiger partial charge in [0.1, 0.15) is 22.0 Å². The van der Waals surface area contributed by atoms with E-state index >= 15 is 0 Å². The number of anilines is 2. The Bertz CT molecular complexity index is 1370. The average molecular weight is 454 g/mol. The van der Waals surface area contributed by atoms with Crippen LogP contribution in [0.25, 0.3) is 0 Å². The first-order valence-corrected chi connectivity index (χ1v) is 10.4. The Morgan fingerprint density at radius 3 is 2.03 bits per heavy atom. The van der Waals surface area contributed by atoms with Crippen LogP contribution in [0.1, 0.15) is 15.9 Å². The summed E-state index contributed by atoms with van der Waals surface area (Å²) in [5, 5.41) is 25.0. The zero-order chi connectivity index (χ0) is 23.5. The lowest BCUT2D eigenvalue weighted by Crippen LogP contribution is -2.05. The summed E-state index contributed by atoms with van der Waals surface area (Å²) in [4.78, 5) is 10.7. The molecule has 0 bridgehead atoms. The number of carbonyl (C=O) groups is 1. The van der Waals surface area contributed by atoms with Crippen LogP contribution in [0.5, 0.6) is 0 Å². The number of rotatable bonds is 6. The van der Waals surface area contributed by atoms with Crippen LogP contribution in [-0.4, -0.2) is 24.0 Å². The van der Waals surface area contributed by atoms with Crippen molar-refractivity contribution >= 4 is 50.2 Å². The van der Waals surface area contributed by atoms with Gasteiger partial charge in [-0.3, -0.25) is 4.55 Å². The van der Waals surface area contributed by atoms with E-state index in [4.69, 9.17) is 11.5 Å². The molecule has 0 radical (unpaired) electrons. The minimum Gasteiger partial charge on any atom is -0.478 e. The molecular formula is C20H18N6O5S. The maximum atomic E-state index is 11.8. The van der Waals surface area contributed by atoms with Gasteiger partial charge in [0, 0.05) is 0 Å². The van der Waals surface area contributed by atoms with Gasteiger partial charge in [-0.1, -0.05) is 30.3 Å². The number of nitrogens with zero attached hydrogens (tertiary/aromatic N) is 4. The van der Waals surface area contributed by atoms with Crippen molar-refractivity contribution in [2.24, 2.45) is 20.5 Å². The Morgan fingerprint density at radius 2 is 1.41 bits per heavy atom. The second kappa shape index (κ2) is 8.91. The van der Waals surface area contributed by atoms with Crippen LogP contribution in [0.3, 0.4) is 0 Å². The Hall–Kier alpha value is -4.16. The van der Waals surface area contributed by atoms with E-state index in [2.05, 4.69) is 20.5 Å². The normalized spacial score (nSPS) is 11.9. The molecule has 11 nitrogen and oxygen atoms in total. The number of aryl methyl sites for hydroxylation is 1. The molecule has 0 spiro atoms. The molecule has 3 aromatic rings. The minimum atomic E-state index is -4.77. The third-order valence-corrected chi connectivity index (χ3v) is 5.26. The van der Waals surface area contributed by atoms with Crippen molar-refractivity contribution < 1.29 is 22.9 Å². The molecule has 0 fully saturated rings. The molecule has 0 aromatic heterocycles. The fraction of sp³-hybridized carbons (Fsp3) is 0.0500. The molecule has 0 saturated heterocycles. The fourth-order valence-electron chi connectivity index (χ4n) is 2.70. The summed E-state index contributed by atoms with van der Waals surface area (Å²) >= 11 is 0. The third-order valence-electron chi connectivity index (χ3n) is 4.37. The maximum absolute atomic E-state index is 11.8. The standard InChI is InChI=1S/C20H18N6O5S/c1-11-6-2-4-8-13(11)23-26-19-17(21)15(10-16(18(19)22)32(29,30)31)25-24-14-9-5-3-7-12(14)20(27)28/h2-10H,21-22H2,1H3,(H,27,28)(H,29,30,31). The Balaban J connectivity index is 2.17. The predicted octanol–water partition coefficient (Wildman–Crippen LogP) is 4.94. The summed E-state index contributed by atoms with van der Waals surface area (Å²) in [6, 6.07) is 13.7. The summed E-state index contributed by atoms with van der Waals surface area (Å²) in [5.74, 6) is -1.23. The van der Waals surface area contributed by atoms with Crippen molar-refractivity contribution in [3.05, 3.63) is 65.7 Å². The first-order chi connectivity index (χ1) is 15.1. The lowest BCUT2D eigenvalue weighted by molar-refractivity contribution is 0.0697. The highest BCUT2D eigenvalue weighted by atomic mass is 32.2. The predicted molar refractivity (Wildman–Crippen MR) is 118 cm³/mol. The number of hydrogen-bond donors (Lipinski definition) is 4. The molecule has 12 heteroatoms. The summed E-state index contributed by atoms with van der Waals surface area (Å²) in [5.41, 5.74) is 12.1. The van der Waals surface area contributed by atoms with Gasteiger partial charge in [0.15, 0.2) is 0 Å². The van der Waals surface area contributed by atoms with Crippen molar-refractivity contribution in [2.45, 2.75) is 11.8 Å². The number of carboxylic acids is 1. The summed E-state index contributed by atoms with van der Waals surface area (Å²) in [7, 11) is -4.77. The van der Waals surface area contributed by atoms with E-state index in [0.29, 0.717) is 5.69 Å². The van der Waals surface area contributed by atoms with E-state index in [1.807, 2.05) is 6.07 Å². The summed E-state index contributed by atoms with van der Waals surface area (Å²) < 4.78 is 33.2. The van der Waals surface area contributed by atoms with Crippen LogP contribution >= 0.6 is 0 Å². The monoisotopic (exact) mass is 454 g/mol. The molecule has 0 heterocycles. The van der Waals surface area contributed by atoms with E-state index in [1.54, 1.807) is 31.2 Å². The maximum Gasteiger partial charge on any atom is 0.337 e. The van der Waals surface area contributed by atoms with Gasteiger partial charge in [-0.2, -0.15) is 13.5 Å². The van der Waals surface area contributed by atoms with Gasteiger partial charge in [-0.25, -0.2) is 4.79 Å². The average Bonchev–Trinajstić information content (AvgIpc) is 2.73. The van der Waals surface area contributed by atoms with Crippen LogP contribution in [0.15, 0.2) is 79.9 Å². The number of nitrogens with two attached hydrogens (primary N) is 2. The molecule has 6 N–H and O–H groups in total. The van der Waals surface area contributed by atoms with Gasteiger partial charge in [0.25, 0.3) is 10.1 Å². The van der Waals surface area contributed by atoms with Crippen LogP contribution in [0.2, 0.25) is 0 Å². The zero-order valence-corrected chi connectivity index (χ0v) is 17.5. The number of aromatic carboxylic acids is 1. The lowest BCUT2D eigenvalue weighted by atomic mass is 10.2. The number of azo groups is 2. The summed E-state index contributed by atoms with van der Waals surface area (Å²) in [6.07, 6.45) is 0. The highest BCUT2D eigenvalue weighted by Crippen LogP contribution is 2.43. The molecular weight excluding hydrogens is 436 g/mol. The minimum absolute atomic E-state index is 0.00715. The van der Waals surface area contributed by atoms with Crippen LogP contribution in [0, 0.1) is 6.92 Å². The highest BCUT2D eigenvalue weighted by molar-refractivity contribution is 7.86.